The lowest BCUT2D eigenvalue weighted by molar-refractivity contribution is 0.0944. The summed E-state index contributed by atoms with van der Waals surface area (Å²) in [5.41, 5.74) is 1.42. The second kappa shape index (κ2) is 6.88. The van der Waals surface area contributed by atoms with Crippen LogP contribution >= 0.6 is 0 Å². The van der Waals surface area contributed by atoms with E-state index in [0.29, 0.717) is 12.2 Å². The maximum Gasteiger partial charge on any atom is 0.272 e. The highest BCUT2D eigenvalue weighted by Gasteiger charge is 2.11. The van der Waals surface area contributed by atoms with E-state index in [4.69, 9.17) is 0 Å². The molecular weight excluding hydrogens is 254 g/mol. The third kappa shape index (κ3) is 3.46. The van der Waals surface area contributed by atoms with Crippen LogP contribution in [0.2, 0.25) is 0 Å². The second-order valence-electron chi connectivity index (χ2n) is 4.75. The Labute approximate surface area is 118 Å². The van der Waals surface area contributed by atoms with Gasteiger partial charge in [-0.05, 0) is 18.9 Å². The summed E-state index contributed by atoms with van der Waals surface area (Å²) in [7, 11) is 0. The van der Waals surface area contributed by atoms with Crippen LogP contribution in [0.25, 0.3) is 0 Å². The van der Waals surface area contributed by atoms with Crippen molar-refractivity contribution in [2.45, 2.75) is 46.2 Å². The predicted molar refractivity (Wildman–Crippen MR) is 76.3 cm³/mol. The standard InChI is InChI=1S/C14H21N5O/c1-3-5-11-9-12(18-17-11)14(20)16-10-13-15-6-8-19(13)7-4-2/h6,8-9H,3-5,7,10H2,1-2H3,(H,16,20)(H,17,18). The van der Waals surface area contributed by atoms with Crippen LogP contribution in [-0.4, -0.2) is 25.7 Å². The number of nitrogens with one attached hydrogen (secondary N) is 2. The molecule has 0 bridgehead atoms. The Balaban J connectivity index is 1.92. The SMILES string of the molecule is CCCc1cc(C(=O)NCc2nccn2CCC)n[nH]1. The largest absolute Gasteiger partial charge is 0.343 e. The number of amides is 1. The van der Waals surface area contributed by atoms with Crippen LogP contribution in [0.15, 0.2) is 18.5 Å². The first-order valence-electron chi connectivity index (χ1n) is 7.07. The zero-order valence-electron chi connectivity index (χ0n) is 12.0. The number of H-pyrrole nitrogens is 1. The van der Waals surface area contributed by atoms with E-state index in [1.54, 1.807) is 12.3 Å². The molecule has 0 saturated carbocycles. The number of imidazole rings is 1. The van der Waals surface area contributed by atoms with Gasteiger partial charge in [0.05, 0.1) is 6.54 Å². The van der Waals surface area contributed by atoms with E-state index in [1.165, 1.54) is 0 Å². The minimum absolute atomic E-state index is 0.172. The molecule has 0 aliphatic heterocycles. The minimum atomic E-state index is -0.172. The molecule has 0 saturated heterocycles. The number of hydrogen-bond donors (Lipinski definition) is 2. The topological polar surface area (TPSA) is 75.6 Å². The summed E-state index contributed by atoms with van der Waals surface area (Å²) in [5.74, 6) is 0.694. The number of aromatic amines is 1. The lowest BCUT2D eigenvalue weighted by Crippen LogP contribution is -2.25. The van der Waals surface area contributed by atoms with E-state index >= 15 is 0 Å². The molecule has 2 N–H and O–H groups in total. The maximum absolute atomic E-state index is 12.0. The Morgan fingerprint density at radius 2 is 2.25 bits per heavy atom. The van der Waals surface area contributed by atoms with Crippen LogP contribution < -0.4 is 5.32 Å². The average molecular weight is 275 g/mol. The molecular formula is C14H21N5O. The number of aryl methyl sites for hydroxylation is 2. The lowest BCUT2D eigenvalue weighted by Gasteiger charge is -2.06. The van der Waals surface area contributed by atoms with Gasteiger partial charge in [-0.3, -0.25) is 9.89 Å². The summed E-state index contributed by atoms with van der Waals surface area (Å²) in [6.45, 7) is 5.53. The van der Waals surface area contributed by atoms with E-state index in [-0.39, 0.29) is 5.91 Å². The van der Waals surface area contributed by atoms with Gasteiger partial charge in [0.1, 0.15) is 11.5 Å². The first-order valence-corrected chi connectivity index (χ1v) is 7.07. The molecule has 0 aliphatic carbocycles. The fraction of sp³-hybridized carbons (Fsp3) is 0.500. The third-order valence-corrected chi connectivity index (χ3v) is 3.06. The van der Waals surface area contributed by atoms with Crippen LogP contribution in [0.5, 0.6) is 0 Å². The Morgan fingerprint density at radius 1 is 1.40 bits per heavy atom. The summed E-state index contributed by atoms with van der Waals surface area (Å²) in [6, 6.07) is 1.80. The van der Waals surface area contributed by atoms with Gasteiger partial charge in [-0.25, -0.2) is 4.98 Å². The number of carbonyl (C=O) groups excluding carboxylic acids is 1. The van der Waals surface area contributed by atoms with Crippen molar-refractivity contribution in [3.8, 4) is 0 Å². The number of aromatic nitrogens is 4. The highest BCUT2D eigenvalue weighted by Crippen LogP contribution is 2.04. The van der Waals surface area contributed by atoms with Crippen LogP contribution in [0.4, 0.5) is 0 Å². The monoisotopic (exact) mass is 275 g/mol. The van der Waals surface area contributed by atoms with Crippen LogP contribution in [-0.2, 0) is 19.5 Å². The number of nitrogens with zero attached hydrogens (tertiary/aromatic N) is 3. The van der Waals surface area contributed by atoms with Crippen molar-refractivity contribution in [2.24, 2.45) is 0 Å². The summed E-state index contributed by atoms with van der Waals surface area (Å²) in [6.07, 6.45) is 6.65. The Hall–Kier alpha value is -2.11. The van der Waals surface area contributed by atoms with Gasteiger partial charge in [-0.1, -0.05) is 20.3 Å². The molecule has 0 unspecified atom stereocenters. The average Bonchev–Trinajstić information content (AvgIpc) is 3.06. The molecule has 2 heterocycles. The fourth-order valence-corrected chi connectivity index (χ4v) is 2.08. The third-order valence-electron chi connectivity index (χ3n) is 3.06. The molecule has 6 nitrogen and oxygen atoms in total. The first kappa shape index (κ1) is 14.3. The van der Waals surface area contributed by atoms with Crippen molar-refractivity contribution in [1.29, 1.82) is 0 Å². The Morgan fingerprint density at radius 3 is 3.00 bits per heavy atom. The van der Waals surface area contributed by atoms with Gasteiger partial charge in [-0.2, -0.15) is 5.10 Å². The molecule has 0 atom stereocenters. The van der Waals surface area contributed by atoms with Gasteiger partial charge in [0.15, 0.2) is 0 Å². The van der Waals surface area contributed by atoms with E-state index in [2.05, 4.69) is 34.3 Å². The van der Waals surface area contributed by atoms with Gasteiger partial charge in [0.2, 0.25) is 0 Å². The van der Waals surface area contributed by atoms with Gasteiger partial charge < -0.3 is 9.88 Å². The Bertz CT molecular complexity index is 557. The van der Waals surface area contributed by atoms with E-state index < -0.39 is 0 Å². The number of hydrogen-bond acceptors (Lipinski definition) is 3. The molecule has 0 spiro atoms. The first-order chi connectivity index (χ1) is 9.74. The molecule has 2 aromatic heterocycles. The fourth-order valence-electron chi connectivity index (χ4n) is 2.08. The van der Waals surface area contributed by atoms with Crippen molar-refractivity contribution >= 4 is 5.91 Å². The quantitative estimate of drug-likeness (QED) is 0.810. The van der Waals surface area contributed by atoms with Crippen LogP contribution in [0.1, 0.15) is 48.7 Å². The lowest BCUT2D eigenvalue weighted by atomic mass is 10.2. The Kier molecular flexibility index (Phi) is 4.92. The molecule has 0 aliphatic rings. The summed E-state index contributed by atoms with van der Waals surface area (Å²) in [4.78, 5) is 16.3. The molecule has 1 amide bonds. The molecule has 0 aromatic carbocycles. The van der Waals surface area contributed by atoms with E-state index in [0.717, 1.165) is 37.3 Å². The molecule has 108 valence electrons. The van der Waals surface area contributed by atoms with Gasteiger partial charge in [0.25, 0.3) is 5.91 Å². The summed E-state index contributed by atoms with van der Waals surface area (Å²) >= 11 is 0. The zero-order valence-corrected chi connectivity index (χ0v) is 12.0. The molecule has 20 heavy (non-hydrogen) atoms. The highest BCUT2D eigenvalue weighted by molar-refractivity contribution is 5.92. The van der Waals surface area contributed by atoms with Crippen molar-refractivity contribution < 1.29 is 4.79 Å². The van der Waals surface area contributed by atoms with Crippen molar-refractivity contribution in [1.82, 2.24) is 25.1 Å². The maximum atomic E-state index is 12.0. The highest BCUT2D eigenvalue weighted by atomic mass is 16.1. The molecule has 2 aromatic rings. The summed E-state index contributed by atoms with van der Waals surface area (Å²) in [5, 5.41) is 9.76. The van der Waals surface area contributed by atoms with Crippen LogP contribution in [0.3, 0.4) is 0 Å². The van der Waals surface area contributed by atoms with Crippen molar-refractivity contribution in [3.05, 3.63) is 35.7 Å². The van der Waals surface area contributed by atoms with E-state index in [1.807, 2.05) is 10.8 Å². The molecule has 0 fully saturated rings. The van der Waals surface area contributed by atoms with Crippen LogP contribution in [0, 0.1) is 0 Å². The number of carbonyl (C=O) groups is 1. The van der Waals surface area contributed by atoms with Crippen molar-refractivity contribution in [3.63, 3.8) is 0 Å². The summed E-state index contributed by atoms with van der Waals surface area (Å²) < 4.78 is 2.05. The number of rotatable bonds is 7. The van der Waals surface area contributed by atoms with Gasteiger partial charge in [-0.15, -0.1) is 0 Å². The normalized spacial score (nSPS) is 10.7. The van der Waals surface area contributed by atoms with E-state index in [9.17, 15) is 4.79 Å². The zero-order chi connectivity index (χ0) is 14.4. The smallest absolute Gasteiger partial charge is 0.272 e. The van der Waals surface area contributed by atoms with Gasteiger partial charge in [0, 0.05) is 24.6 Å². The molecule has 6 heteroatoms. The predicted octanol–water partition coefficient (Wildman–Crippen LogP) is 1.90. The van der Waals surface area contributed by atoms with Crippen molar-refractivity contribution in [2.75, 3.05) is 0 Å². The minimum Gasteiger partial charge on any atom is -0.343 e. The second-order valence-corrected chi connectivity index (χ2v) is 4.75. The molecule has 2 rings (SSSR count). The molecule has 0 radical (unpaired) electrons. The van der Waals surface area contributed by atoms with Gasteiger partial charge >= 0.3 is 0 Å².